The summed E-state index contributed by atoms with van der Waals surface area (Å²) < 4.78 is 85.2. The molecule has 0 aliphatic carbocycles. The van der Waals surface area contributed by atoms with Gasteiger partial charge >= 0.3 is 12.4 Å². The van der Waals surface area contributed by atoms with E-state index in [9.17, 15) is 41.5 Å². The number of alkyl halides is 6. The van der Waals surface area contributed by atoms with E-state index in [0.717, 1.165) is 16.8 Å². The normalized spacial score (nSPS) is 26.9. The second kappa shape index (κ2) is 7.74. The molecule has 2 N–H and O–H groups in total. The van der Waals surface area contributed by atoms with Crippen molar-refractivity contribution in [2.75, 3.05) is 5.32 Å². The van der Waals surface area contributed by atoms with Crippen molar-refractivity contribution in [3.63, 3.8) is 0 Å². The number of carbonyl (C=O) groups is 1. The number of benzene rings is 1. The molecule has 2 aliphatic rings. The van der Waals surface area contributed by atoms with Crippen LogP contribution in [-0.4, -0.2) is 39.1 Å². The van der Waals surface area contributed by atoms with E-state index in [1.165, 1.54) is 7.05 Å². The zero-order chi connectivity index (χ0) is 24.3. The minimum Gasteiger partial charge on any atom is -0.390 e. The molecule has 1 aromatic carbocycles. The van der Waals surface area contributed by atoms with Crippen LogP contribution in [0.2, 0.25) is 0 Å². The highest BCUT2D eigenvalue weighted by atomic mass is 19.4. The number of nitriles is 1. The van der Waals surface area contributed by atoms with Gasteiger partial charge in [0.1, 0.15) is 6.07 Å². The number of aliphatic hydroxyl groups is 1. The molecule has 2 aromatic rings. The minimum atomic E-state index is -4.75. The molecule has 2 fully saturated rings. The first-order valence-electron chi connectivity index (χ1n) is 9.68. The lowest BCUT2D eigenvalue weighted by Crippen LogP contribution is -2.41. The number of rotatable bonds is 3. The number of carbonyl (C=O) groups excluding carboxylic acids is 1. The second-order valence-electron chi connectivity index (χ2n) is 7.93. The van der Waals surface area contributed by atoms with E-state index in [4.69, 9.17) is 4.74 Å². The predicted octanol–water partition coefficient (Wildman–Crippen LogP) is 3.20. The molecule has 13 heteroatoms. The van der Waals surface area contributed by atoms with Crippen molar-refractivity contribution in [1.82, 2.24) is 9.78 Å². The van der Waals surface area contributed by atoms with Gasteiger partial charge in [-0.15, -0.1) is 0 Å². The second-order valence-corrected chi connectivity index (χ2v) is 7.93. The van der Waals surface area contributed by atoms with Crippen LogP contribution < -0.4 is 5.32 Å². The van der Waals surface area contributed by atoms with Crippen molar-refractivity contribution in [1.29, 1.82) is 5.26 Å². The minimum absolute atomic E-state index is 0.0155. The van der Waals surface area contributed by atoms with E-state index in [2.05, 4.69) is 10.4 Å². The van der Waals surface area contributed by atoms with Crippen molar-refractivity contribution in [2.24, 2.45) is 13.0 Å². The van der Waals surface area contributed by atoms with Crippen molar-refractivity contribution in [3.8, 4) is 6.07 Å². The van der Waals surface area contributed by atoms with Gasteiger partial charge in [0.2, 0.25) is 5.91 Å². The quantitative estimate of drug-likeness (QED) is 0.666. The van der Waals surface area contributed by atoms with E-state index < -0.39 is 59.7 Å². The number of aromatic nitrogens is 2. The number of aliphatic hydroxyl groups excluding tert-OH is 1. The Bertz CT molecular complexity index is 1140. The average molecular weight is 474 g/mol. The van der Waals surface area contributed by atoms with Gasteiger partial charge in [-0.25, -0.2) is 0 Å². The van der Waals surface area contributed by atoms with Crippen LogP contribution in [0, 0.1) is 17.2 Å². The van der Waals surface area contributed by atoms with Crippen molar-refractivity contribution in [3.05, 3.63) is 46.8 Å². The van der Waals surface area contributed by atoms with Crippen LogP contribution in [0.25, 0.3) is 0 Å². The van der Waals surface area contributed by atoms with E-state index in [-0.39, 0.29) is 23.4 Å². The molecule has 1 amide bonds. The fourth-order valence-corrected chi connectivity index (χ4v) is 4.46. The number of hydrogen-bond acceptors (Lipinski definition) is 5. The summed E-state index contributed by atoms with van der Waals surface area (Å²) in [5, 5.41) is 25.2. The smallest absolute Gasteiger partial charge is 0.390 e. The van der Waals surface area contributed by atoms with Gasteiger partial charge in [0.25, 0.3) is 0 Å². The van der Waals surface area contributed by atoms with Gasteiger partial charge < -0.3 is 15.2 Å². The summed E-state index contributed by atoms with van der Waals surface area (Å²) in [6.45, 7) is 0. The molecule has 1 aromatic heterocycles. The molecule has 3 heterocycles. The standard InChI is InChI=1S/C20H16F6N4O3/c1-30-11(5-14(29-30)20(24,25)26)15-16(13-6-12(31)17(15)33-13)18(32)28-10-4-9(19(21,22)23)3-2-8(10)7-27/h2-5,12-13,15-17,31H,6H2,1H3,(H,28,32)/t12-,13+,15+,16-,17-/m0/s1. The Hall–Kier alpha value is -3.11. The summed E-state index contributed by atoms with van der Waals surface area (Å²) in [6, 6.07) is 4.67. The number of fused-ring (bicyclic) bond motifs is 2. The summed E-state index contributed by atoms with van der Waals surface area (Å²) in [5.74, 6) is -3.01. The van der Waals surface area contributed by atoms with Crippen LogP contribution in [0.4, 0.5) is 32.0 Å². The first kappa shape index (κ1) is 23.1. The van der Waals surface area contributed by atoms with Crippen LogP contribution in [-0.2, 0) is 28.9 Å². The maximum atomic E-state index is 13.1. The summed E-state index contributed by atoms with van der Waals surface area (Å²) in [5.41, 5.74) is -2.91. The third-order valence-electron chi connectivity index (χ3n) is 5.90. The molecule has 0 saturated carbocycles. The molecule has 5 atom stereocenters. The van der Waals surface area contributed by atoms with Crippen LogP contribution in [0.1, 0.15) is 34.9 Å². The Kier molecular flexibility index (Phi) is 5.41. The molecule has 176 valence electrons. The van der Waals surface area contributed by atoms with Gasteiger partial charge in [0.05, 0.1) is 41.0 Å². The topological polar surface area (TPSA) is 100 Å². The van der Waals surface area contributed by atoms with E-state index in [0.29, 0.717) is 12.1 Å². The Morgan fingerprint density at radius 1 is 1.24 bits per heavy atom. The zero-order valence-electron chi connectivity index (χ0n) is 16.8. The predicted molar refractivity (Wildman–Crippen MR) is 98.5 cm³/mol. The van der Waals surface area contributed by atoms with Crippen LogP contribution in [0.5, 0.6) is 0 Å². The summed E-state index contributed by atoms with van der Waals surface area (Å²) in [6.07, 6.45) is -12.4. The highest BCUT2D eigenvalue weighted by molar-refractivity contribution is 5.95. The van der Waals surface area contributed by atoms with E-state index >= 15 is 0 Å². The Morgan fingerprint density at radius 3 is 2.52 bits per heavy atom. The summed E-state index contributed by atoms with van der Waals surface area (Å²) >= 11 is 0. The maximum Gasteiger partial charge on any atom is 0.435 e. The Morgan fingerprint density at radius 2 is 1.94 bits per heavy atom. The molecule has 7 nitrogen and oxygen atoms in total. The first-order chi connectivity index (χ1) is 15.3. The SMILES string of the molecule is Cn1nc(C(F)(F)F)cc1[C@H]1[C@H]2O[C@H](C[C@@H]2O)[C@@H]1C(=O)Nc1cc(C(F)(F)F)ccc1C#N. The molecule has 0 spiro atoms. The molecule has 0 radical (unpaired) electrons. The number of aryl methyl sites for hydroxylation is 1. The number of amides is 1. The fraction of sp³-hybridized carbons (Fsp3) is 0.450. The van der Waals surface area contributed by atoms with Crippen molar-refractivity contribution in [2.45, 2.75) is 43.0 Å². The average Bonchev–Trinajstić information content (AvgIpc) is 3.38. The zero-order valence-corrected chi connectivity index (χ0v) is 16.8. The molecule has 2 aliphatic heterocycles. The Labute approximate surface area is 182 Å². The van der Waals surface area contributed by atoms with Gasteiger partial charge in [-0.05, 0) is 24.3 Å². The fourth-order valence-electron chi connectivity index (χ4n) is 4.46. The summed E-state index contributed by atoms with van der Waals surface area (Å²) in [7, 11) is 1.25. The van der Waals surface area contributed by atoms with E-state index in [1.54, 1.807) is 6.07 Å². The lowest BCUT2D eigenvalue weighted by molar-refractivity contribution is -0.141. The summed E-state index contributed by atoms with van der Waals surface area (Å²) in [4.78, 5) is 13.1. The number of nitrogens with zero attached hydrogens (tertiary/aromatic N) is 3. The molecular formula is C20H16F6N4O3. The number of ether oxygens (including phenoxy) is 1. The lowest BCUT2D eigenvalue weighted by atomic mass is 9.75. The first-order valence-corrected chi connectivity index (χ1v) is 9.68. The number of anilines is 1. The lowest BCUT2D eigenvalue weighted by Gasteiger charge is -2.30. The Balaban J connectivity index is 1.69. The molecule has 2 saturated heterocycles. The monoisotopic (exact) mass is 474 g/mol. The number of halogens is 6. The van der Waals surface area contributed by atoms with Gasteiger partial charge in [-0.3, -0.25) is 9.48 Å². The third-order valence-corrected chi connectivity index (χ3v) is 5.90. The van der Waals surface area contributed by atoms with Crippen molar-refractivity contribution >= 4 is 11.6 Å². The van der Waals surface area contributed by atoms with Gasteiger partial charge in [-0.1, -0.05) is 0 Å². The van der Waals surface area contributed by atoms with Crippen LogP contribution >= 0.6 is 0 Å². The third kappa shape index (κ3) is 4.04. The molecule has 2 bridgehead atoms. The highest BCUT2D eigenvalue weighted by Crippen LogP contribution is 2.50. The van der Waals surface area contributed by atoms with Gasteiger partial charge in [0, 0.05) is 25.1 Å². The van der Waals surface area contributed by atoms with Crippen molar-refractivity contribution < 1.29 is 41.0 Å². The molecular weight excluding hydrogens is 458 g/mol. The van der Waals surface area contributed by atoms with Crippen LogP contribution in [0.15, 0.2) is 24.3 Å². The molecule has 4 rings (SSSR count). The number of hydrogen-bond donors (Lipinski definition) is 2. The van der Waals surface area contributed by atoms with Crippen LogP contribution in [0.3, 0.4) is 0 Å². The van der Waals surface area contributed by atoms with E-state index in [1.807, 2.05) is 0 Å². The molecule has 0 unspecified atom stereocenters. The molecule has 33 heavy (non-hydrogen) atoms. The number of nitrogens with one attached hydrogen (secondary N) is 1. The largest absolute Gasteiger partial charge is 0.435 e. The maximum absolute atomic E-state index is 13.1. The highest BCUT2D eigenvalue weighted by Gasteiger charge is 2.58. The van der Waals surface area contributed by atoms with Gasteiger partial charge in [0.15, 0.2) is 5.69 Å². The van der Waals surface area contributed by atoms with Gasteiger partial charge in [-0.2, -0.15) is 36.7 Å².